The minimum Gasteiger partial charge on any atom is -0.877 e. The van der Waals surface area contributed by atoms with Crippen LogP contribution in [0.1, 0.15) is 65.0 Å². The zero-order valence-electron chi connectivity index (χ0n) is 26.7. The molecule has 3 aromatic rings. The van der Waals surface area contributed by atoms with Crippen molar-refractivity contribution in [3.8, 4) is 0 Å². The molecule has 0 radical (unpaired) electrons. The number of allylic oxidation sites excluding steroid dienone is 8. The second kappa shape index (κ2) is 11.5. The molecular formula is C39H34N4OZn. The minimum atomic E-state index is -0.259. The van der Waals surface area contributed by atoms with Gasteiger partial charge in [-0.25, -0.2) is 9.98 Å². The van der Waals surface area contributed by atoms with Crippen LogP contribution >= 0.6 is 0 Å². The molecule has 5 nitrogen and oxygen atoms in total. The largest absolute Gasteiger partial charge is 2.00 e. The van der Waals surface area contributed by atoms with Crippen molar-refractivity contribution in [2.75, 3.05) is 0 Å². The first kappa shape index (κ1) is 30.6. The summed E-state index contributed by atoms with van der Waals surface area (Å²) in [5, 5.41) is 12.6. The molecule has 6 heteroatoms. The van der Waals surface area contributed by atoms with Crippen LogP contribution < -0.4 is 10.1 Å². The molecule has 0 saturated heterocycles. The zero-order chi connectivity index (χ0) is 30.7. The van der Waals surface area contributed by atoms with Gasteiger partial charge < -0.3 is 10.1 Å². The number of benzene rings is 2. The Balaban J connectivity index is 0.00000357. The Morgan fingerprint density at radius 1 is 0.756 bits per heavy atom. The van der Waals surface area contributed by atoms with E-state index >= 15 is 0 Å². The van der Waals surface area contributed by atoms with Crippen LogP contribution in [0.3, 0.4) is 0 Å². The predicted octanol–water partition coefficient (Wildman–Crippen LogP) is 7.54. The number of hydrogen-bond donors (Lipinski definition) is 0. The van der Waals surface area contributed by atoms with Crippen LogP contribution in [0.25, 0.3) is 16.7 Å². The summed E-state index contributed by atoms with van der Waals surface area (Å²) in [6.07, 6.45) is 11.8. The molecule has 0 aliphatic carbocycles. The van der Waals surface area contributed by atoms with Gasteiger partial charge in [0.1, 0.15) is 0 Å². The van der Waals surface area contributed by atoms with E-state index in [-0.39, 0.29) is 24.9 Å². The monoisotopic (exact) mass is 638 g/mol. The van der Waals surface area contributed by atoms with Crippen molar-refractivity contribution in [2.24, 2.45) is 20.4 Å². The third-order valence-electron chi connectivity index (χ3n) is 8.78. The van der Waals surface area contributed by atoms with E-state index in [9.17, 15) is 5.11 Å². The summed E-state index contributed by atoms with van der Waals surface area (Å²) in [6, 6.07) is 16.9. The average molecular weight is 640 g/mol. The third-order valence-corrected chi connectivity index (χ3v) is 8.78. The normalized spacial score (nSPS) is 19.1. The van der Waals surface area contributed by atoms with Gasteiger partial charge in [0, 0.05) is 28.8 Å². The van der Waals surface area contributed by atoms with Crippen LogP contribution in [0.5, 0.6) is 0 Å². The SMILES string of the molecule is Cc1ccc(C2=C3C=CC(=N3)C=C3N=C(CC3(C)C)/C(=C/[O-])c3ccc([n-]3)C(c3c(C)cc(C)cc3C)=C3C=CC2=N3)cc1.[Zn+2]. The molecule has 2 aromatic carbocycles. The van der Waals surface area contributed by atoms with Crippen molar-refractivity contribution in [1.29, 1.82) is 0 Å². The van der Waals surface area contributed by atoms with Crippen LogP contribution in [0.4, 0.5) is 0 Å². The molecule has 7 rings (SSSR count). The van der Waals surface area contributed by atoms with E-state index in [2.05, 4.69) is 96.2 Å². The van der Waals surface area contributed by atoms with Crippen molar-refractivity contribution in [3.63, 3.8) is 0 Å². The summed E-state index contributed by atoms with van der Waals surface area (Å²) in [5.41, 5.74) is 15.5. The fourth-order valence-electron chi connectivity index (χ4n) is 6.64. The molecule has 0 amide bonds. The van der Waals surface area contributed by atoms with E-state index in [0.717, 1.165) is 79.6 Å². The number of aromatic nitrogens is 1. The molecule has 0 saturated carbocycles. The van der Waals surface area contributed by atoms with Gasteiger partial charge in [0.2, 0.25) is 0 Å². The van der Waals surface area contributed by atoms with Gasteiger partial charge in [-0.1, -0.05) is 73.5 Å². The molecule has 0 fully saturated rings. The van der Waals surface area contributed by atoms with Crippen LogP contribution in [0, 0.1) is 33.1 Å². The maximum Gasteiger partial charge on any atom is 2.00 e. The van der Waals surface area contributed by atoms with Gasteiger partial charge in [-0.05, 0) is 91.5 Å². The van der Waals surface area contributed by atoms with Crippen molar-refractivity contribution < 1.29 is 24.6 Å². The molecule has 5 heterocycles. The van der Waals surface area contributed by atoms with Gasteiger partial charge in [0.25, 0.3) is 0 Å². The Morgan fingerprint density at radius 2 is 1.42 bits per heavy atom. The minimum absolute atomic E-state index is 0. The second-order valence-electron chi connectivity index (χ2n) is 12.8. The van der Waals surface area contributed by atoms with Crippen LogP contribution in [0.15, 0.2) is 117 Å². The first-order chi connectivity index (χ1) is 21.1. The molecule has 4 aliphatic rings. The second-order valence-corrected chi connectivity index (χ2v) is 12.8. The molecule has 218 valence electrons. The molecular weight excluding hydrogens is 606 g/mol. The predicted molar refractivity (Wildman–Crippen MR) is 180 cm³/mol. The first-order valence-corrected chi connectivity index (χ1v) is 15.1. The molecule has 8 bridgehead atoms. The molecule has 0 unspecified atom stereocenters. The summed E-state index contributed by atoms with van der Waals surface area (Å²) in [4.78, 5) is 20.5. The quantitative estimate of drug-likeness (QED) is 0.215. The van der Waals surface area contributed by atoms with Crippen molar-refractivity contribution in [3.05, 3.63) is 147 Å². The molecule has 45 heavy (non-hydrogen) atoms. The van der Waals surface area contributed by atoms with E-state index in [0.29, 0.717) is 17.7 Å². The van der Waals surface area contributed by atoms with Gasteiger partial charge in [0.15, 0.2) is 0 Å². The van der Waals surface area contributed by atoms with Gasteiger partial charge in [0.05, 0.1) is 22.8 Å². The Labute approximate surface area is 277 Å². The van der Waals surface area contributed by atoms with Crippen molar-refractivity contribution >= 4 is 33.9 Å². The van der Waals surface area contributed by atoms with Gasteiger partial charge in [-0.3, -0.25) is 4.99 Å². The number of aliphatic imine (C=N–C) groups is 3. The van der Waals surface area contributed by atoms with Gasteiger partial charge in [-0.15, -0.1) is 17.6 Å². The van der Waals surface area contributed by atoms with E-state index in [1.807, 2.05) is 24.3 Å². The Bertz CT molecular complexity index is 2010. The fourth-order valence-corrected chi connectivity index (χ4v) is 6.64. The number of rotatable bonds is 2. The first-order valence-electron chi connectivity index (χ1n) is 15.1. The maximum absolute atomic E-state index is 12.6. The summed E-state index contributed by atoms with van der Waals surface area (Å²) < 4.78 is 0. The molecule has 0 spiro atoms. The number of aryl methyl sites for hydroxylation is 4. The summed E-state index contributed by atoms with van der Waals surface area (Å²) >= 11 is 0. The summed E-state index contributed by atoms with van der Waals surface area (Å²) in [6.45, 7) is 12.8. The maximum atomic E-state index is 12.6. The Morgan fingerprint density at radius 3 is 2.13 bits per heavy atom. The number of hydrogen-bond acceptors (Lipinski definition) is 4. The molecule has 0 N–H and O–H groups in total. The molecule has 4 aliphatic heterocycles. The van der Waals surface area contributed by atoms with Crippen LogP contribution in [-0.4, -0.2) is 17.1 Å². The number of nitrogens with zero attached hydrogens (tertiary/aromatic N) is 4. The van der Waals surface area contributed by atoms with Gasteiger partial charge in [-0.2, -0.15) is 0 Å². The van der Waals surface area contributed by atoms with Crippen LogP contribution in [-0.2, 0) is 19.5 Å². The smallest absolute Gasteiger partial charge is 0.877 e. The van der Waals surface area contributed by atoms with E-state index in [1.165, 1.54) is 11.1 Å². The molecule has 1 aromatic heterocycles. The van der Waals surface area contributed by atoms with Crippen LogP contribution in [0.2, 0.25) is 0 Å². The van der Waals surface area contributed by atoms with E-state index in [4.69, 9.17) is 20.0 Å². The van der Waals surface area contributed by atoms with E-state index < -0.39 is 0 Å². The van der Waals surface area contributed by atoms with E-state index in [1.54, 1.807) is 0 Å². The standard InChI is InChI=1S/C39H35N4O.Zn/c1-22-7-9-26(10-8-22)37-30-12-11-27(40-30)19-35-39(5,6)20-34(43-35)28(21-44)29-13-14-32(41-29)38(33-16-15-31(37)42-33)36-24(3)17-23(2)18-25(36)4;/h7-19,21H,20H2,1-6H3,(H-,40,41,42,43,44);/q-1;+2/p-1. The zero-order valence-corrected chi connectivity index (χ0v) is 29.7. The average Bonchev–Trinajstić information content (AvgIpc) is 3.77. The fraction of sp³-hybridized carbons (Fsp3) is 0.205. The Kier molecular flexibility index (Phi) is 7.83. The topological polar surface area (TPSA) is 74.2 Å². The molecule has 0 atom stereocenters. The summed E-state index contributed by atoms with van der Waals surface area (Å²) in [7, 11) is 0. The third kappa shape index (κ3) is 5.42. The van der Waals surface area contributed by atoms with Gasteiger partial charge >= 0.3 is 19.5 Å². The summed E-state index contributed by atoms with van der Waals surface area (Å²) in [5.74, 6) is 0. The Hall–Kier alpha value is -4.41. The number of fused-ring (bicyclic) bond motifs is 5. The van der Waals surface area contributed by atoms with Crippen molar-refractivity contribution in [1.82, 2.24) is 4.98 Å². The van der Waals surface area contributed by atoms with Crippen molar-refractivity contribution in [2.45, 2.75) is 48.0 Å².